The van der Waals surface area contributed by atoms with Gasteiger partial charge in [-0.15, -0.1) is 0 Å². The number of hydrogen-bond acceptors (Lipinski definition) is 6. The Morgan fingerprint density at radius 1 is 0.800 bits per heavy atom. The highest BCUT2D eigenvalue weighted by Crippen LogP contribution is 2.65. The zero-order valence-corrected chi connectivity index (χ0v) is 28.5. The van der Waals surface area contributed by atoms with Crippen molar-refractivity contribution in [2.75, 3.05) is 9.80 Å². The molecule has 2 N–H and O–H groups in total. The molecule has 6 unspecified atom stereocenters. The monoisotopic (exact) mass is 750 g/mol. The molecule has 8 rings (SSSR count). The number of allylic oxidation sites excluding steroid dienone is 2. The quantitative estimate of drug-likeness (QED) is 0.168. The molecule has 0 bridgehead atoms. The molecule has 4 aliphatic rings. The number of rotatable bonds is 5. The molecule has 4 aromatic rings. The minimum atomic E-state index is -1.53. The van der Waals surface area contributed by atoms with Gasteiger partial charge >= 0.3 is 5.97 Å². The molecule has 0 aromatic heterocycles. The van der Waals surface area contributed by atoms with Crippen molar-refractivity contribution in [3.05, 3.63) is 135 Å². The summed E-state index contributed by atoms with van der Waals surface area (Å²) in [5.74, 6) is -7.36. The van der Waals surface area contributed by atoms with Gasteiger partial charge in [-0.1, -0.05) is 81.6 Å². The fourth-order valence-corrected chi connectivity index (χ4v) is 9.44. The number of hydrogen-bond donors (Lipinski definition) is 2. The first-order valence-electron chi connectivity index (χ1n) is 16.1. The Kier molecular flexibility index (Phi) is 7.58. The van der Waals surface area contributed by atoms with Crippen molar-refractivity contribution in [3.63, 3.8) is 0 Å². The van der Waals surface area contributed by atoms with Crippen molar-refractivity contribution < 1.29 is 34.2 Å². The molecule has 2 aliphatic heterocycles. The highest BCUT2D eigenvalue weighted by atomic mass is 79.9. The van der Waals surface area contributed by atoms with Crippen LogP contribution in [0.15, 0.2) is 113 Å². The molecule has 1 saturated carbocycles. The van der Waals surface area contributed by atoms with E-state index in [4.69, 9.17) is 11.6 Å². The Hall–Kier alpha value is -5.06. The van der Waals surface area contributed by atoms with E-state index >= 15 is 4.79 Å². The lowest BCUT2D eigenvalue weighted by molar-refractivity contribution is -0.127. The van der Waals surface area contributed by atoms with E-state index < -0.39 is 64.6 Å². The Morgan fingerprint density at radius 2 is 1.52 bits per heavy atom. The van der Waals surface area contributed by atoms with Gasteiger partial charge in [0.25, 0.3) is 0 Å². The summed E-state index contributed by atoms with van der Waals surface area (Å²) in [5.41, 5.74) is 0.542. The van der Waals surface area contributed by atoms with E-state index in [2.05, 4.69) is 15.9 Å². The Morgan fingerprint density at radius 3 is 2.24 bits per heavy atom. The predicted molar refractivity (Wildman–Crippen MR) is 188 cm³/mol. The van der Waals surface area contributed by atoms with E-state index in [0.29, 0.717) is 31.9 Å². The van der Waals surface area contributed by atoms with E-state index in [9.17, 15) is 29.4 Å². The van der Waals surface area contributed by atoms with Crippen LogP contribution in [0.2, 0.25) is 5.02 Å². The molecular weight excluding hydrogens is 724 g/mol. The van der Waals surface area contributed by atoms with Crippen LogP contribution < -0.4 is 9.80 Å². The summed E-state index contributed by atoms with van der Waals surface area (Å²) in [6, 6.07) is 26.2. The van der Waals surface area contributed by atoms with Crippen LogP contribution in [0.3, 0.4) is 0 Å². The van der Waals surface area contributed by atoms with Crippen LogP contribution in [0.25, 0.3) is 0 Å². The Balaban J connectivity index is 1.35. The van der Waals surface area contributed by atoms with Gasteiger partial charge in [-0.2, -0.15) is 0 Å². The number of aromatic hydroxyl groups is 1. The second-order valence-corrected chi connectivity index (χ2v) is 14.5. The highest BCUT2D eigenvalue weighted by Gasteiger charge is 2.70. The van der Waals surface area contributed by atoms with Gasteiger partial charge in [-0.25, -0.2) is 9.69 Å². The van der Waals surface area contributed by atoms with Crippen molar-refractivity contribution in [1.29, 1.82) is 0 Å². The minimum Gasteiger partial charge on any atom is -0.508 e. The van der Waals surface area contributed by atoms with E-state index in [1.807, 2.05) is 24.3 Å². The van der Waals surface area contributed by atoms with Crippen molar-refractivity contribution >= 4 is 68.5 Å². The minimum absolute atomic E-state index is 0.0662. The van der Waals surface area contributed by atoms with E-state index in [-0.39, 0.29) is 29.8 Å². The molecule has 0 spiro atoms. The summed E-state index contributed by atoms with van der Waals surface area (Å²) >= 11 is 9.90. The summed E-state index contributed by atoms with van der Waals surface area (Å²) in [6.45, 7) is 0. The van der Waals surface area contributed by atoms with Gasteiger partial charge in [0.2, 0.25) is 23.6 Å². The van der Waals surface area contributed by atoms with Crippen molar-refractivity contribution in [2.45, 2.75) is 24.2 Å². The average molecular weight is 752 g/mol. The molecule has 6 atom stereocenters. The maximum absolute atomic E-state index is 15.3. The average Bonchev–Trinajstić information content (AvgIpc) is 3.50. The first kappa shape index (κ1) is 32.2. The third kappa shape index (κ3) is 4.54. The van der Waals surface area contributed by atoms with Gasteiger partial charge in [-0.3, -0.25) is 24.1 Å². The number of fused-ring (bicyclic) bond motifs is 4. The van der Waals surface area contributed by atoms with Crippen LogP contribution in [-0.2, 0) is 24.6 Å². The van der Waals surface area contributed by atoms with Gasteiger partial charge in [0.15, 0.2) is 0 Å². The molecule has 2 saturated heterocycles. The summed E-state index contributed by atoms with van der Waals surface area (Å²) in [5, 5.41) is 21.5. The number of phenols is 1. The lowest BCUT2D eigenvalue weighted by Crippen LogP contribution is -2.53. The lowest BCUT2D eigenvalue weighted by Gasteiger charge is -2.50. The highest BCUT2D eigenvalue weighted by molar-refractivity contribution is 9.10. The molecular formula is C39H28BrClN2O7. The molecule has 0 radical (unpaired) electrons. The SMILES string of the molecule is O=C(O)c1cccc(N2C(=O)C3CC=C4C(CC5C(=O)N(c6cccc(Cl)c6)C(=O)C5(c5ccccc5)C4c4cc(Br)ccc4O)C3C2=O)c1. The number of phenolic OH excluding ortho intramolecular Hbond substituents is 1. The van der Waals surface area contributed by atoms with Crippen molar-refractivity contribution in [2.24, 2.45) is 23.7 Å². The van der Waals surface area contributed by atoms with Crippen molar-refractivity contribution in [1.82, 2.24) is 0 Å². The zero-order valence-electron chi connectivity index (χ0n) is 26.2. The fourth-order valence-electron chi connectivity index (χ4n) is 8.88. The maximum Gasteiger partial charge on any atom is 0.335 e. The second-order valence-electron chi connectivity index (χ2n) is 13.2. The predicted octanol–water partition coefficient (Wildman–Crippen LogP) is 6.87. The zero-order chi connectivity index (χ0) is 35.1. The van der Waals surface area contributed by atoms with Crippen LogP contribution >= 0.6 is 27.5 Å². The molecule has 9 nitrogen and oxygen atoms in total. The molecule has 4 aromatic carbocycles. The summed E-state index contributed by atoms with van der Waals surface area (Å²) < 4.78 is 0.640. The topological polar surface area (TPSA) is 132 Å². The Bertz CT molecular complexity index is 2190. The van der Waals surface area contributed by atoms with E-state index in [1.165, 1.54) is 35.2 Å². The number of carboxylic acids is 1. The number of aromatic carboxylic acids is 1. The first-order chi connectivity index (χ1) is 24.0. The van der Waals surface area contributed by atoms with Crippen LogP contribution in [0.5, 0.6) is 5.75 Å². The smallest absolute Gasteiger partial charge is 0.335 e. The molecule has 4 amide bonds. The lowest BCUT2D eigenvalue weighted by atomic mass is 9.49. The number of carboxylic acid groups (broad SMARTS) is 1. The Labute approximate surface area is 299 Å². The number of carbonyl (C=O) groups excluding carboxylic acids is 4. The molecule has 3 fully saturated rings. The number of imide groups is 2. The molecule has 2 aliphatic carbocycles. The van der Waals surface area contributed by atoms with Gasteiger partial charge in [0, 0.05) is 21.0 Å². The number of carbonyl (C=O) groups is 5. The van der Waals surface area contributed by atoms with Crippen LogP contribution in [0.4, 0.5) is 11.4 Å². The number of nitrogens with zero attached hydrogens (tertiary/aromatic N) is 2. The fraction of sp³-hybridized carbons (Fsp3) is 0.205. The van der Waals surface area contributed by atoms with Crippen LogP contribution in [0, 0.1) is 23.7 Å². The number of amides is 4. The van der Waals surface area contributed by atoms with E-state index in [1.54, 1.807) is 48.5 Å². The third-order valence-corrected chi connectivity index (χ3v) is 11.5. The van der Waals surface area contributed by atoms with Crippen LogP contribution in [-0.4, -0.2) is 39.8 Å². The van der Waals surface area contributed by atoms with Crippen LogP contribution in [0.1, 0.15) is 40.2 Å². The molecule has 11 heteroatoms. The van der Waals surface area contributed by atoms with Gasteiger partial charge < -0.3 is 10.2 Å². The van der Waals surface area contributed by atoms with E-state index in [0.717, 1.165) is 4.90 Å². The normalized spacial score (nSPS) is 27.2. The summed E-state index contributed by atoms with van der Waals surface area (Å²) in [6.07, 6.45) is 2.16. The summed E-state index contributed by atoms with van der Waals surface area (Å²) in [7, 11) is 0. The second kappa shape index (κ2) is 11.8. The summed E-state index contributed by atoms with van der Waals surface area (Å²) in [4.78, 5) is 72.5. The van der Waals surface area contributed by atoms with Crippen molar-refractivity contribution in [3.8, 4) is 5.75 Å². The molecule has 50 heavy (non-hydrogen) atoms. The molecule has 2 heterocycles. The molecule has 250 valence electrons. The first-order valence-corrected chi connectivity index (χ1v) is 17.3. The number of halogens is 2. The number of anilines is 2. The standard InChI is InChI=1S/C39H28BrClN2O7/c40-22-12-15-31(44)29(17-22)33-26-13-14-27-32(36(47)42(34(27)45)24-10-4-6-20(16-24)37(48)49)28(26)19-30-35(46)43(25-11-5-9-23(41)18-25)38(50)39(30,33)21-7-2-1-3-8-21/h1-13,15-18,27-28,30,32-33,44H,14,19H2,(H,48,49). The number of benzene rings is 4. The largest absolute Gasteiger partial charge is 0.508 e. The van der Waals surface area contributed by atoms with Gasteiger partial charge in [-0.05, 0) is 78.9 Å². The van der Waals surface area contributed by atoms with Gasteiger partial charge in [0.1, 0.15) is 5.75 Å². The third-order valence-electron chi connectivity index (χ3n) is 10.8. The van der Waals surface area contributed by atoms with Gasteiger partial charge in [0.05, 0.1) is 40.1 Å². The maximum atomic E-state index is 15.3.